The van der Waals surface area contributed by atoms with Crippen LogP contribution < -0.4 is 0 Å². The fraction of sp³-hybridized carbons (Fsp3) is 0.429. The summed E-state index contributed by atoms with van der Waals surface area (Å²) >= 11 is 3.09. The molecule has 0 saturated carbocycles. The number of hydrogen-bond acceptors (Lipinski definition) is 3. The highest BCUT2D eigenvalue weighted by atomic mass is 79.9. The topological polar surface area (TPSA) is 43.1 Å². The first-order chi connectivity index (χ1) is 5.27. The average molecular weight is 216 g/mol. The van der Waals surface area contributed by atoms with Crippen LogP contribution >= 0.6 is 15.9 Å². The van der Waals surface area contributed by atoms with Gasteiger partial charge in [-0.05, 0) is 12.8 Å². The third kappa shape index (κ3) is 1.11. The van der Waals surface area contributed by atoms with Crippen molar-refractivity contribution >= 4 is 21.7 Å². The van der Waals surface area contributed by atoms with Crippen LogP contribution in [-0.2, 0) is 6.42 Å². The van der Waals surface area contributed by atoms with Gasteiger partial charge >= 0.3 is 0 Å². The van der Waals surface area contributed by atoms with E-state index in [9.17, 15) is 4.79 Å². The maximum atomic E-state index is 11.1. The van der Waals surface area contributed by atoms with E-state index in [0.717, 1.165) is 18.5 Å². The van der Waals surface area contributed by atoms with Crippen LogP contribution in [-0.4, -0.2) is 10.8 Å². The smallest absolute Gasteiger partial charge is 0.264 e. The van der Waals surface area contributed by atoms with Crippen molar-refractivity contribution in [1.29, 1.82) is 0 Å². The number of carbonyl (C=O) groups is 1. The summed E-state index contributed by atoms with van der Waals surface area (Å²) in [5.41, 5.74) is 0.799. The third-order valence-electron chi connectivity index (χ3n) is 1.74. The van der Waals surface area contributed by atoms with Crippen LogP contribution in [0.3, 0.4) is 0 Å². The molecule has 0 amide bonds. The molecule has 4 heteroatoms. The molecule has 1 aromatic heterocycles. The molecule has 0 unspecified atom stereocenters. The lowest BCUT2D eigenvalue weighted by atomic mass is 10.0. The Morgan fingerprint density at radius 2 is 2.27 bits per heavy atom. The molecular weight excluding hydrogens is 210 g/mol. The summed E-state index contributed by atoms with van der Waals surface area (Å²) in [6.07, 6.45) is 2.34. The molecule has 3 nitrogen and oxygen atoms in total. The molecule has 0 fully saturated rings. The van der Waals surface area contributed by atoms with Crippen molar-refractivity contribution in [2.24, 2.45) is 0 Å². The Hall–Kier alpha value is -0.640. The lowest BCUT2D eigenvalue weighted by molar-refractivity contribution is 0.0942. The van der Waals surface area contributed by atoms with E-state index in [1.165, 1.54) is 0 Å². The molecule has 11 heavy (non-hydrogen) atoms. The van der Waals surface area contributed by atoms with Crippen molar-refractivity contribution in [2.75, 3.05) is 0 Å². The maximum absolute atomic E-state index is 11.1. The van der Waals surface area contributed by atoms with E-state index in [4.69, 9.17) is 4.42 Å². The first kappa shape index (κ1) is 7.03. The molecule has 1 aliphatic rings. The number of fused-ring (bicyclic) bond motifs is 1. The fourth-order valence-electron chi connectivity index (χ4n) is 1.24. The van der Waals surface area contributed by atoms with E-state index in [1.54, 1.807) is 0 Å². The predicted molar refractivity (Wildman–Crippen MR) is 41.5 cm³/mol. The number of halogens is 1. The molecule has 1 aromatic rings. The third-order valence-corrected chi connectivity index (χ3v) is 2.08. The summed E-state index contributed by atoms with van der Waals surface area (Å²) in [6.45, 7) is 0. The van der Waals surface area contributed by atoms with Gasteiger partial charge in [0, 0.05) is 22.4 Å². The first-order valence-corrected chi connectivity index (χ1v) is 4.25. The minimum atomic E-state index is 0.0736. The Kier molecular flexibility index (Phi) is 1.56. The molecular formula is C7H6BrNO2. The van der Waals surface area contributed by atoms with Crippen molar-refractivity contribution in [3.05, 3.63) is 16.3 Å². The van der Waals surface area contributed by atoms with Crippen LogP contribution in [0.4, 0.5) is 0 Å². The molecule has 1 heterocycles. The van der Waals surface area contributed by atoms with Gasteiger partial charge in [-0.3, -0.25) is 4.79 Å². The largest absolute Gasteiger partial charge is 0.428 e. The number of hydrogen-bond donors (Lipinski definition) is 0. The van der Waals surface area contributed by atoms with E-state index in [-0.39, 0.29) is 5.78 Å². The number of aromatic nitrogens is 1. The van der Waals surface area contributed by atoms with Crippen LogP contribution in [0.1, 0.15) is 29.1 Å². The van der Waals surface area contributed by atoms with Crippen molar-refractivity contribution in [1.82, 2.24) is 4.98 Å². The zero-order chi connectivity index (χ0) is 7.84. The number of rotatable bonds is 0. The monoisotopic (exact) mass is 215 g/mol. The molecule has 0 aromatic carbocycles. The second-order valence-electron chi connectivity index (χ2n) is 2.52. The van der Waals surface area contributed by atoms with Gasteiger partial charge in [0.05, 0.1) is 5.69 Å². The second kappa shape index (κ2) is 2.44. The van der Waals surface area contributed by atoms with Gasteiger partial charge in [0.2, 0.25) is 0 Å². The summed E-state index contributed by atoms with van der Waals surface area (Å²) in [5, 5.41) is 0. The Morgan fingerprint density at radius 3 is 3.00 bits per heavy atom. The van der Waals surface area contributed by atoms with Gasteiger partial charge in [-0.25, -0.2) is 4.98 Å². The maximum Gasteiger partial charge on any atom is 0.264 e. The summed E-state index contributed by atoms with van der Waals surface area (Å²) in [4.78, 5) is 15.6. The highest BCUT2D eigenvalue weighted by Crippen LogP contribution is 2.23. The molecule has 0 atom stereocenters. The van der Waals surface area contributed by atoms with Gasteiger partial charge in [0.1, 0.15) is 0 Å². The number of nitrogens with zero attached hydrogens (tertiary/aromatic N) is 1. The van der Waals surface area contributed by atoms with E-state index < -0.39 is 0 Å². The highest BCUT2D eigenvalue weighted by molar-refractivity contribution is 9.10. The van der Waals surface area contributed by atoms with Crippen LogP contribution in [0.15, 0.2) is 9.22 Å². The minimum absolute atomic E-state index is 0.0736. The van der Waals surface area contributed by atoms with Gasteiger partial charge in [-0.15, -0.1) is 0 Å². The number of ketones is 1. The summed E-state index contributed by atoms with van der Waals surface area (Å²) in [6, 6.07) is 0. The lowest BCUT2D eigenvalue weighted by Gasteiger charge is -2.04. The molecule has 0 spiro atoms. The van der Waals surface area contributed by atoms with Gasteiger partial charge < -0.3 is 4.42 Å². The van der Waals surface area contributed by atoms with Crippen LogP contribution in [0.5, 0.6) is 0 Å². The van der Waals surface area contributed by atoms with Gasteiger partial charge in [0.15, 0.2) is 11.5 Å². The van der Waals surface area contributed by atoms with Crippen molar-refractivity contribution in [3.63, 3.8) is 0 Å². The molecule has 0 radical (unpaired) electrons. The minimum Gasteiger partial charge on any atom is -0.428 e. The summed E-state index contributed by atoms with van der Waals surface area (Å²) < 4.78 is 5.07. The molecule has 0 bridgehead atoms. The zero-order valence-corrected chi connectivity index (χ0v) is 7.35. The fourth-order valence-corrected chi connectivity index (χ4v) is 1.62. The quantitative estimate of drug-likeness (QED) is 0.665. The molecule has 58 valence electrons. The number of oxazole rings is 1. The van der Waals surface area contributed by atoms with Crippen LogP contribution in [0.25, 0.3) is 0 Å². The van der Waals surface area contributed by atoms with Crippen molar-refractivity contribution in [3.8, 4) is 0 Å². The van der Waals surface area contributed by atoms with E-state index >= 15 is 0 Å². The standard InChI is InChI=1S/C7H6BrNO2/c8-7-9-4-2-1-3-5(10)6(4)11-7/h1-3H2. The van der Waals surface area contributed by atoms with Crippen molar-refractivity contribution < 1.29 is 9.21 Å². The number of Topliss-reactive ketones (excluding diaryl/α,β-unsaturated/α-hetero) is 1. The van der Waals surface area contributed by atoms with Gasteiger partial charge in [-0.1, -0.05) is 0 Å². The zero-order valence-electron chi connectivity index (χ0n) is 5.76. The second-order valence-corrected chi connectivity index (χ2v) is 3.20. The molecule has 2 rings (SSSR count). The van der Waals surface area contributed by atoms with Gasteiger partial charge in [-0.2, -0.15) is 0 Å². The van der Waals surface area contributed by atoms with Crippen molar-refractivity contribution in [2.45, 2.75) is 19.3 Å². The molecule has 0 N–H and O–H groups in total. The van der Waals surface area contributed by atoms with E-state index in [2.05, 4.69) is 20.9 Å². The summed E-state index contributed by atoms with van der Waals surface area (Å²) in [7, 11) is 0. The number of aryl methyl sites for hydroxylation is 1. The summed E-state index contributed by atoms with van der Waals surface area (Å²) in [5.74, 6) is 0.521. The van der Waals surface area contributed by atoms with Crippen LogP contribution in [0.2, 0.25) is 0 Å². The Balaban J connectivity index is 2.52. The van der Waals surface area contributed by atoms with Crippen LogP contribution in [0, 0.1) is 0 Å². The highest BCUT2D eigenvalue weighted by Gasteiger charge is 2.22. The predicted octanol–water partition coefficient (Wildman–Crippen LogP) is 1.96. The van der Waals surface area contributed by atoms with Gasteiger partial charge in [0.25, 0.3) is 4.80 Å². The molecule has 1 aliphatic carbocycles. The average Bonchev–Trinajstić information content (AvgIpc) is 2.31. The number of carbonyl (C=O) groups excluding carboxylic acids is 1. The molecule has 0 aliphatic heterocycles. The van der Waals surface area contributed by atoms with E-state index in [0.29, 0.717) is 17.0 Å². The Morgan fingerprint density at radius 1 is 1.45 bits per heavy atom. The Labute approximate surface area is 71.9 Å². The first-order valence-electron chi connectivity index (χ1n) is 3.46. The lowest BCUT2D eigenvalue weighted by Crippen LogP contribution is -2.08. The normalized spacial score (nSPS) is 16.6. The van der Waals surface area contributed by atoms with E-state index in [1.807, 2.05) is 0 Å². The Bertz CT molecular complexity index is 305. The SMILES string of the molecule is O=C1CCCc2nc(Br)oc21. The molecule has 0 saturated heterocycles.